The zero-order valence-electron chi connectivity index (χ0n) is 7.19. The SMILES string of the molecule is C[C@@H]1CC2CCC1(C)CC2. The summed E-state index contributed by atoms with van der Waals surface area (Å²) in [5.41, 5.74) is 0.745. The topological polar surface area (TPSA) is 0 Å². The monoisotopic (exact) mass is 138 g/mol. The van der Waals surface area contributed by atoms with E-state index in [-0.39, 0.29) is 0 Å². The second-order valence-electron chi connectivity index (χ2n) is 4.73. The standard InChI is InChI=1S/C10H18/c1-8-7-9-3-5-10(8,2)6-4-9/h8-9H,3-7H2,1-2H3/t8-,9?,10?/m1/s1. The van der Waals surface area contributed by atoms with Gasteiger partial charge in [-0.3, -0.25) is 0 Å². The largest absolute Gasteiger partial charge is 0.0620 e. The fourth-order valence-corrected chi connectivity index (χ4v) is 2.85. The van der Waals surface area contributed by atoms with E-state index in [1.54, 1.807) is 0 Å². The van der Waals surface area contributed by atoms with Gasteiger partial charge in [0.05, 0.1) is 0 Å². The molecule has 0 N–H and O–H groups in total. The van der Waals surface area contributed by atoms with Crippen molar-refractivity contribution in [3.63, 3.8) is 0 Å². The average Bonchev–Trinajstić information content (AvgIpc) is 1.92. The van der Waals surface area contributed by atoms with Crippen LogP contribution in [0.2, 0.25) is 0 Å². The lowest BCUT2D eigenvalue weighted by Crippen LogP contribution is -2.38. The van der Waals surface area contributed by atoms with Crippen molar-refractivity contribution in [1.29, 1.82) is 0 Å². The summed E-state index contributed by atoms with van der Waals surface area (Å²) in [4.78, 5) is 0. The molecule has 0 saturated heterocycles. The number of fused-ring (bicyclic) bond motifs is 3. The molecule has 0 aromatic heterocycles. The van der Waals surface area contributed by atoms with Crippen LogP contribution in [-0.2, 0) is 0 Å². The Hall–Kier alpha value is 0. The Morgan fingerprint density at radius 1 is 1.20 bits per heavy atom. The van der Waals surface area contributed by atoms with Crippen LogP contribution in [0.1, 0.15) is 46.0 Å². The van der Waals surface area contributed by atoms with Gasteiger partial charge in [-0.25, -0.2) is 0 Å². The van der Waals surface area contributed by atoms with Gasteiger partial charge in [0.15, 0.2) is 0 Å². The summed E-state index contributed by atoms with van der Waals surface area (Å²) in [6, 6.07) is 0. The molecule has 0 heterocycles. The first kappa shape index (κ1) is 6.69. The Labute approximate surface area is 64.0 Å². The zero-order valence-corrected chi connectivity index (χ0v) is 7.19. The summed E-state index contributed by atoms with van der Waals surface area (Å²) in [6.45, 7) is 4.94. The molecule has 1 atom stereocenters. The third-order valence-corrected chi connectivity index (χ3v) is 4.12. The van der Waals surface area contributed by atoms with E-state index >= 15 is 0 Å². The molecule has 0 heteroatoms. The molecule has 3 aliphatic carbocycles. The number of hydrogen-bond donors (Lipinski definition) is 0. The lowest BCUT2D eigenvalue weighted by atomic mass is 9.57. The molecule has 3 fully saturated rings. The Morgan fingerprint density at radius 2 is 1.80 bits per heavy atom. The van der Waals surface area contributed by atoms with Gasteiger partial charge in [-0.05, 0) is 49.4 Å². The molecule has 0 aromatic rings. The Morgan fingerprint density at radius 3 is 2.10 bits per heavy atom. The number of rotatable bonds is 0. The van der Waals surface area contributed by atoms with E-state index in [1.165, 1.54) is 32.1 Å². The summed E-state index contributed by atoms with van der Waals surface area (Å²) in [5, 5.41) is 0. The minimum absolute atomic E-state index is 0.745. The Kier molecular flexibility index (Phi) is 1.33. The van der Waals surface area contributed by atoms with Crippen molar-refractivity contribution in [3.05, 3.63) is 0 Å². The third kappa shape index (κ3) is 0.810. The van der Waals surface area contributed by atoms with Gasteiger partial charge < -0.3 is 0 Å². The summed E-state index contributed by atoms with van der Waals surface area (Å²) in [7, 11) is 0. The molecule has 2 bridgehead atoms. The van der Waals surface area contributed by atoms with Crippen LogP contribution in [0.5, 0.6) is 0 Å². The Bertz CT molecular complexity index is 129. The second-order valence-corrected chi connectivity index (χ2v) is 4.73. The van der Waals surface area contributed by atoms with Gasteiger partial charge >= 0.3 is 0 Å². The quantitative estimate of drug-likeness (QED) is 0.482. The molecule has 0 radical (unpaired) electrons. The summed E-state index contributed by atoms with van der Waals surface area (Å²) >= 11 is 0. The predicted octanol–water partition coefficient (Wildman–Crippen LogP) is 3.22. The molecular weight excluding hydrogens is 120 g/mol. The van der Waals surface area contributed by atoms with Crippen LogP contribution < -0.4 is 0 Å². The second kappa shape index (κ2) is 1.99. The van der Waals surface area contributed by atoms with Crippen molar-refractivity contribution in [2.75, 3.05) is 0 Å². The summed E-state index contributed by atoms with van der Waals surface area (Å²) in [6.07, 6.45) is 7.61. The molecule has 0 aliphatic heterocycles. The fraction of sp³-hybridized carbons (Fsp3) is 1.00. The molecule has 10 heavy (non-hydrogen) atoms. The first-order chi connectivity index (χ1) is 4.71. The van der Waals surface area contributed by atoms with Crippen molar-refractivity contribution in [2.45, 2.75) is 46.0 Å². The molecule has 0 spiro atoms. The molecule has 0 nitrogen and oxygen atoms in total. The molecule has 3 aliphatic rings. The molecule has 0 amide bonds. The molecular formula is C10H18. The lowest BCUT2D eigenvalue weighted by molar-refractivity contribution is 0.0209. The van der Waals surface area contributed by atoms with E-state index in [2.05, 4.69) is 13.8 Å². The van der Waals surface area contributed by atoms with Gasteiger partial charge in [0.1, 0.15) is 0 Å². The van der Waals surface area contributed by atoms with Gasteiger partial charge in [-0.15, -0.1) is 0 Å². The van der Waals surface area contributed by atoms with Crippen molar-refractivity contribution >= 4 is 0 Å². The van der Waals surface area contributed by atoms with E-state index in [0.717, 1.165) is 17.3 Å². The summed E-state index contributed by atoms with van der Waals surface area (Å²) < 4.78 is 0. The van der Waals surface area contributed by atoms with Crippen LogP contribution in [-0.4, -0.2) is 0 Å². The highest BCUT2D eigenvalue weighted by molar-refractivity contribution is 4.92. The normalized spacial score (nSPS) is 53.4. The van der Waals surface area contributed by atoms with Crippen molar-refractivity contribution < 1.29 is 0 Å². The van der Waals surface area contributed by atoms with Crippen molar-refractivity contribution in [3.8, 4) is 0 Å². The molecule has 3 saturated carbocycles. The maximum absolute atomic E-state index is 2.49. The highest BCUT2D eigenvalue weighted by Crippen LogP contribution is 2.53. The van der Waals surface area contributed by atoms with Crippen LogP contribution in [0, 0.1) is 17.3 Å². The minimum Gasteiger partial charge on any atom is -0.0620 e. The fourth-order valence-electron chi connectivity index (χ4n) is 2.85. The van der Waals surface area contributed by atoms with E-state index in [9.17, 15) is 0 Å². The van der Waals surface area contributed by atoms with Crippen LogP contribution in [0.3, 0.4) is 0 Å². The molecule has 3 rings (SSSR count). The van der Waals surface area contributed by atoms with Crippen molar-refractivity contribution in [2.24, 2.45) is 17.3 Å². The van der Waals surface area contributed by atoms with Crippen molar-refractivity contribution in [1.82, 2.24) is 0 Å². The van der Waals surface area contributed by atoms with E-state index in [4.69, 9.17) is 0 Å². The van der Waals surface area contributed by atoms with Gasteiger partial charge in [-0.2, -0.15) is 0 Å². The van der Waals surface area contributed by atoms with Gasteiger partial charge in [0.25, 0.3) is 0 Å². The minimum atomic E-state index is 0.745. The van der Waals surface area contributed by atoms with Gasteiger partial charge in [-0.1, -0.05) is 13.8 Å². The Balaban J connectivity index is 2.17. The van der Waals surface area contributed by atoms with Crippen LogP contribution in [0.15, 0.2) is 0 Å². The average molecular weight is 138 g/mol. The van der Waals surface area contributed by atoms with E-state index in [1.807, 2.05) is 0 Å². The molecule has 58 valence electrons. The molecule has 0 unspecified atom stereocenters. The van der Waals surface area contributed by atoms with Crippen LogP contribution in [0.25, 0.3) is 0 Å². The maximum atomic E-state index is 2.49. The van der Waals surface area contributed by atoms with Crippen LogP contribution >= 0.6 is 0 Å². The van der Waals surface area contributed by atoms with Crippen LogP contribution in [0.4, 0.5) is 0 Å². The first-order valence-corrected chi connectivity index (χ1v) is 4.71. The van der Waals surface area contributed by atoms with Gasteiger partial charge in [0, 0.05) is 0 Å². The predicted molar refractivity (Wildman–Crippen MR) is 43.8 cm³/mol. The highest BCUT2D eigenvalue weighted by Gasteiger charge is 2.41. The maximum Gasteiger partial charge on any atom is -0.0300 e. The zero-order chi connectivity index (χ0) is 7.19. The summed E-state index contributed by atoms with van der Waals surface area (Å²) in [5.74, 6) is 2.12. The highest BCUT2D eigenvalue weighted by atomic mass is 14.5. The molecule has 0 aromatic carbocycles. The van der Waals surface area contributed by atoms with Gasteiger partial charge in [0.2, 0.25) is 0 Å². The van der Waals surface area contributed by atoms with E-state index < -0.39 is 0 Å². The lowest BCUT2D eigenvalue weighted by Gasteiger charge is -2.49. The number of hydrogen-bond acceptors (Lipinski definition) is 0. The smallest absolute Gasteiger partial charge is 0.0300 e. The third-order valence-electron chi connectivity index (χ3n) is 4.12. The first-order valence-electron chi connectivity index (χ1n) is 4.71. The van der Waals surface area contributed by atoms with E-state index in [0.29, 0.717) is 0 Å².